The SMILES string of the molecule is Cc1nc(NCc2ccc3c(c2)OCO3)ncc1C(=O)NC1CCCCCC1. The second-order valence-electron chi connectivity index (χ2n) is 7.40. The predicted molar refractivity (Wildman–Crippen MR) is 106 cm³/mol. The molecule has 0 radical (unpaired) electrons. The highest BCUT2D eigenvalue weighted by atomic mass is 16.7. The molecular weight excluding hydrogens is 356 g/mol. The molecule has 7 nitrogen and oxygen atoms in total. The predicted octanol–water partition coefficient (Wildman–Crippen LogP) is 3.58. The number of hydrogen-bond donors (Lipinski definition) is 2. The number of hydrogen-bond acceptors (Lipinski definition) is 6. The Morgan fingerprint density at radius 1 is 1.14 bits per heavy atom. The van der Waals surface area contributed by atoms with Crippen molar-refractivity contribution in [2.24, 2.45) is 0 Å². The van der Waals surface area contributed by atoms with E-state index in [0.29, 0.717) is 23.8 Å². The Kier molecular flexibility index (Phi) is 5.60. The van der Waals surface area contributed by atoms with Gasteiger partial charge in [-0.05, 0) is 37.5 Å². The van der Waals surface area contributed by atoms with Crippen molar-refractivity contribution < 1.29 is 14.3 Å². The number of rotatable bonds is 5. The summed E-state index contributed by atoms with van der Waals surface area (Å²) in [5.41, 5.74) is 2.26. The molecule has 2 aliphatic rings. The third kappa shape index (κ3) is 4.35. The van der Waals surface area contributed by atoms with Crippen LogP contribution in [0.15, 0.2) is 24.4 Å². The number of carbonyl (C=O) groups excluding carboxylic acids is 1. The average Bonchev–Trinajstić information content (AvgIpc) is 3.01. The monoisotopic (exact) mass is 382 g/mol. The summed E-state index contributed by atoms with van der Waals surface area (Å²) in [6.07, 6.45) is 8.61. The van der Waals surface area contributed by atoms with Crippen LogP contribution >= 0.6 is 0 Å². The zero-order valence-electron chi connectivity index (χ0n) is 16.2. The van der Waals surface area contributed by atoms with Crippen LogP contribution in [0.2, 0.25) is 0 Å². The van der Waals surface area contributed by atoms with E-state index in [2.05, 4.69) is 20.6 Å². The van der Waals surface area contributed by atoms with Gasteiger partial charge in [0.15, 0.2) is 11.5 Å². The van der Waals surface area contributed by atoms with Crippen molar-refractivity contribution in [3.63, 3.8) is 0 Å². The number of nitrogens with one attached hydrogen (secondary N) is 2. The topological polar surface area (TPSA) is 85.4 Å². The standard InChI is InChI=1S/C21H26N4O3/c1-14-17(20(26)25-16-6-4-2-3-5-7-16)12-23-21(24-14)22-11-15-8-9-18-19(10-15)28-13-27-18/h8-10,12,16H,2-7,11,13H2,1H3,(H,25,26)(H,22,23,24). The van der Waals surface area contributed by atoms with E-state index in [-0.39, 0.29) is 18.7 Å². The molecule has 1 aromatic carbocycles. The van der Waals surface area contributed by atoms with Crippen molar-refractivity contribution >= 4 is 11.9 Å². The maximum atomic E-state index is 12.6. The number of carbonyl (C=O) groups is 1. The lowest BCUT2D eigenvalue weighted by molar-refractivity contribution is 0.0932. The molecule has 148 valence electrons. The van der Waals surface area contributed by atoms with E-state index in [4.69, 9.17) is 9.47 Å². The normalized spacial score (nSPS) is 16.5. The van der Waals surface area contributed by atoms with Crippen LogP contribution in [0, 0.1) is 6.92 Å². The average molecular weight is 382 g/mol. The van der Waals surface area contributed by atoms with Gasteiger partial charge in [0.25, 0.3) is 5.91 Å². The van der Waals surface area contributed by atoms with Crippen LogP contribution in [0.5, 0.6) is 11.5 Å². The van der Waals surface area contributed by atoms with Gasteiger partial charge in [0.1, 0.15) is 0 Å². The van der Waals surface area contributed by atoms with Crippen LogP contribution in [0.1, 0.15) is 60.1 Å². The van der Waals surface area contributed by atoms with Gasteiger partial charge in [0.2, 0.25) is 12.7 Å². The number of amides is 1. The summed E-state index contributed by atoms with van der Waals surface area (Å²) in [5, 5.41) is 6.35. The van der Waals surface area contributed by atoms with Crippen LogP contribution in [-0.2, 0) is 6.54 Å². The quantitative estimate of drug-likeness (QED) is 0.769. The Bertz CT molecular complexity index is 848. The molecule has 2 N–H and O–H groups in total. The van der Waals surface area contributed by atoms with Gasteiger partial charge >= 0.3 is 0 Å². The van der Waals surface area contributed by atoms with E-state index in [1.807, 2.05) is 25.1 Å². The van der Waals surface area contributed by atoms with Crippen LogP contribution in [0.4, 0.5) is 5.95 Å². The molecule has 0 bridgehead atoms. The summed E-state index contributed by atoms with van der Waals surface area (Å²) in [4.78, 5) is 21.4. The van der Waals surface area contributed by atoms with E-state index < -0.39 is 0 Å². The van der Waals surface area contributed by atoms with E-state index in [0.717, 1.165) is 29.9 Å². The van der Waals surface area contributed by atoms with Crippen LogP contribution < -0.4 is 20.1 Å². The van der Waals surface area contributed by atoms with Gasteiger partial charge in [-0.15, -0.1) is 0 Å². The third-order valence-electron chi connectivity index (χ3n) is 5.30. The molecule has 1 saturated carbocycles. The number of fused-ring (bicyclic) bond motifs is 1. The van der Waals surface area contributed by atoms with E-state index in [9.17, 15) is 4.79 Å². The fourth-order valence-corrected chi connectivity index (χ4v) is 3.69. The van der Waals surface area contributed by atoms with E-state index >= 15 is 0 Å². The lowest BCUT2D eigenvalue weighted by Crippen LogP contribution is -2.35. The number of nitrogens with zero attached hydrogens (tertiary/aromatic N) is 2. The highest BCUT2D eigenvalue weighted by molar-refractivity contribution is 5.95. The van der Waals surface area contributed by atoms with Crippen molar-refractivity contribution in [1.29, 1.82) is 0 Å². The Labute approximate surface area is 164 Å². The van der Waals surface area contributed by atoms with Crippen molar-refractivity contribution in [3.05, 3.63) is 41.2 Å². The summed E-state index contributed by atoms with van der Waals surface area (Å²) in [6, 6.07) is 6.07. The molecule has 1 aliphatic heterocycles. The zero-order valence-corrected chi connectivity index (χ0v) is 16.2. The summed E-state index contributed by atoms with van der Waals surface area (Å²) < 4.78 is 10.7. The minimum atomic E-state index is -0.0771. The summed E-state index contributed by atoms with van der Waals surface area (Å²) in [7, 11) is 0. The maximum Gasteiger partial charge on any atom is 0.254 e. The van der Waals surface area contributed by atoms with Crippen molar-refractivity contribution in [3.8, 4) is 11.5 Å². The lowest BCUT2D eigenvalue weighted by Gasteiger charge is -2.17. The lowest BCUT2D eigenvalue weighted by atomic mass is 10.1. The van der Waals surface area contributed by atoms with E-state index in [1.54, 1.807) is 6.20 Å². The first kappa shape index (κ1) is 18.5. The summed E-state index contributed by atoms with van der Waals surface area (Å²) >= 11 is 0. The Morgan fingerprint density at radius 3 is 2.71 bits per heavy atom. The Balaban J connectivity index is 1.36. The van der Waals surface area contributed by atoms with E-state index in [1.165, 1.54) is 25.7 Å². The number of aryl methyl sites for hydroxylation is 1. The number of anilines is 1. The third-order valence-corrected chi connectivity index (χ3v) is 5.30. The molecule has 28 heavy (non-hydrogen) atoms. The van der Waals surface area contributed by atoms with Gasteiger partial charge in [-0.3, -0.25) is 4.79 Å². The number of ether oxygens (including phenoxy) is 2. The largest absolute Gasteiger partial charge is 0.454 e. The molecule has 0 atom stereocenters. The van der Waals surface area contributed by atoms with Gasteiger partial charge in [0.05, 0.1) is 11.3 Å². The van der Waals surface area contributed by atoms with Gasteiger partial charge in [-0.1, -0.05) is 31.7 Å². The van der Waals surface area contributed by atoms with Crippen LogP contribution in [-0.4, -0.2) is 28.7 Å². The molecular formula is C21H26N4O3. The zero-order chi connectivity index (χ0) is 19.3. The molecule has 1 amide bonds. The molecule has 0 unspecified atom stereocenters. The van der Waals surface area contributed by atoms with Crippen molar-refractivity contribution in [2.75, 3.05) is 12.1 Å². The minimum absolute atomic E-state index is 0.0771. The molecule has 4 rings (SSSR count). The Morgan fingerprint density at radius 2 is 1.93 bits per heavy atom. The molecule has 1 aliphatic carbocycles. The Hall–Kier alpha value is -2.83. The van der Waals surface area contributed by atoms with Gasteiger partial charge in [-0.25, -0.2) is 9.97 Å². The molecule has 0 saturated heterocycles. The van der Waals surface area contributed by atoms with Gasteiger partial charge in [0, 0.05) is 18.8 Å². The van der Waals surface area contributed by atoms with Crippen molar-refractivity contribution in [1.82, 2.24) is 15.3 Å². The van der Waals surface area contributed by atoms with Gasteiger partial charge in [-0.2, -0.15) is 0 Å². The second kappa shape index (κ2) is 8.46. The van der Waals surface area contributed by atoms with Gasteiger partial charge < -0.3 is 20.1 Å². The summed E-state index contributed by atoms with van der Waals surface area (Å²) in [6.45, 7) is 2.66. The number of benzene rings is 1. The highest BCUT2D eigenvalue weighted by Gasteiger charge is 2.18. The first-order valence-electron chi connectivity index (χ1n) is 9.96. The smallest absolute Gasteiger partial charge is 0.254 e. The molecule has 7 heteroatoms. The van der Waals surface area contributed by atoms with Crippen molar-refractivity contribution in [2.45, 2.75) is 58.0 Å². The fraction of sp³-hybridized carbons (Fsp3) is 0.476. The number of aromatic nitrogens is 2. The summed E-state index contributed by atoms with van der Waals surface area (Å²) in [5.74, 6) is 1.94. The first-order chi connectivity index (χ1) is 13.7. The molecule has 1 fully saturated rings. The maximum absolute atomic E-state index is 12.6. The molecule has 1 aromatic heterocycles. The molecule has 2 aromatic rings. The highest BCUT2D eigenvalue weighted by Crippen LogP contribution is 2.32. The fourth-order valence-electron chi connectivity index (χ4n) is 3.69. The van der Waals surface area contributed by atoms with Crippen LogP contribution in [0.3, 0.4) is 0 Å². The second-order valence-corrected chi connectivity index (χ2v) is 7.40. The first-order valence-corrected chi connectivity index (χ1v) is 9.96. The molecule has 0 spiro atoms. The molecule has 2 heterocycles. The van der Waals surface area contributed by atoms with Crippen LogP contribution in [0.25, 0.3) is 0 Å². The minimum Gasteiger partial charge on any atom is -0.454 e.